The zero-order valence-electron chi connectivity index (χ0n) is 14.9. The summed E-state index contributed by atoms with van der Waals surface area (Å²) in [6.07, 6.45) is 1.71. The Morgan fingerprint density at radius 3 is 2.42 bits per heavy atom. The first-order valence-corrected chi connectivity index (χ1v) is 8.11. The Bertz CT molecular complexity index is 913. The number of methoxy groups -OCH3 is 2. The minimum Gasteiger partial charge on any atom is -0.497 e. The Morgan fingerprint density at radius 2 is 1.77 bits per heavy atom. The molecule has 1 aliphatic heterocycles. The van der Waals surface area contributed by atoms with Gasteiger partial charge in [-0.25, -0.2) is 4.79 Å². The molecule has 5 nitrogen and oxygen atoms in total. The molecular formula is C21H19NO4. The van der Waals surface area contributed by atoms with E-state index in [1.165, 1.54) is 12.0 Å². The van der Waals surface area contributed by atoms with Crippen LogP contribution in [0.5, 0.6) is 5.75 Å². The van der Waals surface area contributed by atoms with Crippen molar-refractivity contribution in [2.24, 2.45) is 0 Å². The van der Waals surface area contributed by atoms with Crippen LogP contribution in [-0.2, 0) is 14.3 Å². The van der Waals surface area contributed by atoms with Crippen LogP contribution in [0.15, 0.2) is 71.4 Å². The van der Waals surface area contributed by atoms with Crippen molar-refractivity contribution in [3.63, 3.8) is 0 Å². The normalized spacial score (nSPS) is 15.6. The number of amides is 1. The second-order valence-electron chi connectivity index (χ2n) is 5.76. The largest absolute Gasteiger partial charge is 0.497 e. The van der Waals surface area contributed by atoms with E-state index in [1.807, 2.05) is 30.3 Å². The van der Waals surface area contributed by atoms with Crippen LogP contribution in [0.4, 0.5) is 5.69 Å². The first kappa shape index (κ1) is 17.5. The summed E-state index contributed by atoms with van der Waals surface area (Å²) in [6, 6.07) is 16.5. The highest BCUT2D eigenvalue weighted by Gasteiger charge is 2.37. The van der Waals surface area contributed by atoms with Crippen LogP contribution >= 0.6 is 0 Å². The minimum atomic E-state index is -0.538. The van der Waals surface area contributed by atoms with Gasteiger partial charge in [0.2, 0.25) is 0 Å². The fourth-order valence-electron chi connectivity index (χ4n) is 2.96. The van der Waals surface area contributed by atoms with Gasteiger partial charge in [0.1, 0.15) is 5.75 Å². The van der Waals surface area contributed by atoms with Crippen LogP contribution < -0.4 is 9.64 Å². The van der Waals surface area contributed by atoms with Crippen molar-refractivity contribution in [1.82, 2.24) is 0 Å². The predicted molar refractivity (Wildman–Crippen MR) is 99.6 cm³/mol. The van der Waals surface area contributed by atoms with Crippen LogP contribution in [0.25, 0.3) is 6.08 Å². The zero-order chi connectivity index (χ0) is 18.7. The van der Waals surface area contributed by atoms with Gasteiger partial charge in [-0.1, -0.05) is 36.4 Å². The van der Waals surface area contributed by atoms with Crippen molar-refractivity contribution in [2.45, 2.75) is 6.92 Å². The lowest BCUT2D eigenvalue weighted by molar-refractivity contribution is -0.136. The topological polar surface area (TPSA) is 55.8 Å². The smallest absolute Gasteiger partial charge is 0.340 e. The molecule has 0 bridgehead atoms. The monoisotopic (exact) mass is 349 g/mol. The lowest BCUT2D eigenvalue weighted by Crippen LogP contribution is -2.24. The average molecular weight is 349 g/mol. The number of allylic oxidation sites excluding steroid dienone is 1. The van der Waals surface area contributed by atoms with Crippen molar-refractivity contribution < 1.29 is 19.1 Å². The van der Waals surface area contributed by atoms with Gasteiger partial charge in [0.15, 0.2) is 0 Å². The Labute approximate surface area is 152 Å². The highest BCUT2D eigenvalue weighted by atomic mass is 16.5. The predicted octanol–water partition coefficient (Wildman–Crippen LogP) is 3.57. The molecule has 0 radical (unpaired) electrons. The number of carbonyl (C=O) groups is 2. The third-order valence-electron chi connectivity index (χ3n) is 4.21. The maximum absolute atomic E-state index is 13.1. The lowest BCUT2D eigenvalue weighted by Gasteiger charge is -2.18. The van der Waals surface area contributed by atoms with Crippen molar-refractivity contribution in [2.75, 3.05) is 19.1 Å². The van der Waals surface area contributed by atoms with Gasteiger partial charge in [0, 0.05) is 11.8 Å². The summed E-state index contributed by atoms with van der Waals surface area (Å²) in [6.45, 7) is 1.73. The van der Waals surface area contributed by atoms with Crippen molar-refractivity contribution >= 4 is 23.6 Å². The molecule has 0 spiro atoms. The fourth-order valence-corrected chi connectivity index (χ4v) is 2.96. The van der Waals surface area contributed by atoms with Gasteiger partial charge >= 0.3 is 5.97 Å². The Morgan fingerprint density at radius 1 is 1.04 bits per heavy atom. The number of ether oxygens (including phenoxy) is 2. The minimum absolute atomic E-state index is 0.268. The molecule has 26 heavy (non-hydrogen) atoms. The molecular weight excluding hydrogens is 330 g/mol. The SMILES string of the molecule is COC(=O)C1=C(C)N(c2cccc(OC)c2)C(=O)/C1=C\c1ccccc1. The first-order valence-electron chi connectivity index (χ1n) is 8.11. The molecule has 0 unspecified atom stereocenters. The van der Waals surface area contributed by atoms with E-state index in [1.54, 1.807) is 44.4 Å². The van der Waals surface area contributed by atoms with Gasteiger partial charge in [-0.05, 0) is 30.7 Å². The van der Waals surface area contributed by atoms with E-state index in [9.17, 15) is 9.59 Å². The summed E-state index contributed by atoms with van der Waals surface area (Å²) in [4.78, 5) is 27.0. The zero-order valence-corrected chi connectivity index (χ0v) is 14.9. The summed E-state index contributed by atoms with van der Waals surface area (Å²) in [5.41, 5.74) is 2.56. The van der Waals surface area contributed by atoms with Crippen LogP contribution in [0.2, 0.25) is 0 Å². The third kappa shape index (κ3) is 3.11. The van der Waals surface area contributed by atoms with E-state index in [2.05, 4.69) is 0 Å². The van der Waals surface area contributed by atoms with E-state index in [0.717, 1.165) is 5.56 Å². The summed E-state index contributed by atoms with van der Waals surface area (Å²) in [5, 5.41) is 0. The fraction of sp³-hybridized carbons (Fsp3) is 0.143. The van der Waals surface area contributed by atoms with Crippen molar-refractivity contribution in [3.05, 3.63) is 77.0 Å². The Hall–Kier alpha value is -3.34. The number of carbonyl (C=O) groups excluding carboxylic acids is 2. The average Bonchev–Trinajstić information content (AvgIpc) is 2.92. The van der Waals surface area contributed by atoms with E-state index in [4.69, 9.17) is 9.47 Å². The van der Waals surface area contributed by atoms with Crippen molar-refractivity contribution in [3.8, 4) is 5.75 Å². The number of anilines is 1. The maximum atomic E-state index is 13.1. The standard InChI is InChI=1S/C21H19NO4/c1-14-19(21(24)26-3)18(12-15-8-5-4-6-9-15)20(23)22(14)16-10-7-11-17(13-16)25-2/h4-13H,1-3H3/b18-12-. The van der Waals surface area contributed by atoms with Gasteiger partial charge < -0.3 is 9.47 Å². The van der Waals surface area contributed by atoms with E-state index in [0.29, 0.717) is 22.7 Å². The molecule has 0 fully saturated rings. The molecule has 1 heterocycles. The second kappa shape index (κ2) is 7.27. The number of hydrogen-bond donors (Lipinski definition) is 0. The van der Waals surface area contributed by atoms with Gasteiger partial charge in [-0.2, -0.15) is 0 Å². The van der Waals surface area contributed by atoms with Gasteiger partial charge in [-0.3, -0.25) is 9.69 Å². The molecule has 0 aliphatic carbocycles. The molecule has 0 saturated carbocycles. The number of rotatable bonds is 4. The van der Waals surface area contributed by atoms with Crippen LogP contribution in [0.3, 0.4) is 0 Å². The molecule has 3 rings (SSSR count). The number of nitrogens with zero attached hydrogens (tertiary/aromatic N) is 1. The highest BCUT2D eigenvalue weighted by Crippen LogP contribution is 2.36. The summed E-state index contributed by atoms with van der Waals surface area (Å²) < 4.78 is 10.2. The molecule has 0 N–H and O–H groups in total. The Balaban J connectivity index is 2.13. The van der Waals surface area contributed by atoms with Gasteiger partial charge in [0.25, 0.3) is 5.91 Å². The summed E-state index contributed by atoms with van der Waals surface area (Å²) in [5.74, 6) is -0.188. The van der Waals surface area contributed by atoms with E-state index < -0.39 is 5.97 Å². The molecule has 0 atom stereocenters. The van der Waals surface area contributed by atoms with Crippen LogP contribution in [-0.4, -0.2) is 26.1 Å². The molecule has 2 aromatic carbocycles. The quantitative estimate of drug-likeness (QED) is 0.625. The van der Waals surface area contributed by atoms with E-state index >= 15 is 0 Å². The molecule has 5 heteroatoms. The third-order valence-corrected chi connectivity index (χ3v) is 4.21. The van der Waals surface area contributed by atoms with Crippen LogP contribution in [0, 0.1) is 0 Å². The molecule has 2 aromatic rings. The van der Waals surface area contributed by atoms with Crippen LogP contribution in [0.1, 0.15) is 12.5 Å². The molecule has 0 aromatic heterocycles. The number of benzene rings is 2. The highest BCUT2D eigenvalue weighted by molar-refractivity contribution is 6.23. The molecule has 132 valence electrons. The number of hydrogen-bond acceptors (Lipinski definition) is 4. The molecule has 1 aliphatic rings. The first-order chi connectivity index (χ1) is 12.6. The van der Waals surface area contributed by atoms with E-state index in [-0.39, 0.29) is 11.5 Å². The second-order valence-corrected chi connectivity index (χ2v) is 5.76. The molecule has 0 saturated heterocycles. The number of esters is 1. The van der Waals surface area contributed by atoms with Crippen molar-refractivity contribution in [1.29, 1.82) is 0 Å². The van der Waals surface area contributed by atoms with Gasteiger partial charge in [0.05, 0.1) is 31.1 Å². The van der Waals surface area contributed by atoms with Gasteiger partial charge in [-0.15, -0.1) is 0 Å². The summed E-state index contributed by atoms with van der Waals surface area (Å²) in [7, 11) is 2.87. The Kier molecular flexibility index (Phi) is 4.89. The lowest BCUT2D eigenvalue weighted by atomic mass is 10.0. The maximum Gasteiger partial charge on any atom is 0.340 e. The molecule has 1 amide bonds. The summed E-state index contributed by atoms with van der Waals surface area (Å²) >= 11 is 0.